The van der Waals surface area contributed by atoms with E-state index in [9.17, 15) is 16.8 Å². The highest BCUT2D eigenvalue weighted by Crippen LogP contribution is 2.18. The predicted octanol–water partition coefficient (Wildman–Crippen LogP) is 1.10. The number of sulfonamides is 1. The normalized spacial score (nSPS) is 11.6. The van der Waals surface area contributed by atoms with Gasteiger partial charge >= 0.3 is 0 Å². The molecule has 0 radical (unpaired) electrons. The topological polar surface area (TPSA) is 91.8 Å². The van der Waals surface area contributed by atoms with Gasteiger partial charge < -0.3 is 0 Å². The third-order valence-electron chi connectivity index (χ3n) is 2.59. The lowest BCUT2D eigenvalue weighted by Gasteiger charge is -2.22. The zero-order chi connectivity index (χ0) is 16.1. The van der Waals surface area contributed by atoms with E-state index in [2.05, 4.69) is 11.8 Å². The molecule has 1 rings (SSSR count). The Hall–Kier alpha value is -1.56. The fourth-order valence-corrected chi connectivity index (χ4v) is 3.19. The summed E-state index contributed by atoms with van der Waals surface area (Å²) in [6.45, 7) is 1.67. The summed E-state index contributed by atoms with van der Waals surface area (Å²) >= 11 is 0. The van der Waals surface area contributed by atoms with Crippen molar-refractivity contribution in [2.45, 2.75) is 13.3 Å². The molecule has 0 fully saturated rings. The van der Waals surface area contributed by atoms with Gasteiger partial charge in [-0.15, -0.1) is 5.92 Å². The Morgan fingerprint density at radius 2 is 1.71 bits per heavy atom. The van der Waals surface area contributed by atoms with Crippen LogP contribution < -0.4 is 4.31 Å². The molecular formula is C13H17NO5S2. The quantitative estimate of drug-likeness (QED) is 0.622. The number of benzene rings is 1. The number of anilines is 1. The summed E-state index contributed by atoms with van der Waals surface area (Å²) in [6, 6.07) is 6.59. The third-order valence-corrected chi connectivity index (χ3v) is 4.59. The van der Waals surface area contributed by atoms with Crippen LogP contribution >= 0.6 is 0 Å². The highest BCUT2D eigenvalue weighted by molar-refractivity contribution is 7.92. The standard InChI is InChI=1S/C13H17NO5S2/c1-3-5-12-6-8-13(9-7-12)14(20(2,15)16)10-4-11-21(17,18)19/h6-9H,4,10-11H2,1-2H3,(H,17,18,19). The van der Waals surface area contributed by atoms with Crippen LogP contribution in [0.4, 0.5) is 5.69 Å². The van der Waals surface area contributed by atoms with E-state index in [1.54, 1.807) is 31.2 Å². The van der Waals surface area contributed by atoms with Crippen LogP contribution in [0.15, 0.2) is 24.3 Å². The molecule has 21 heavy (non-hydrogen) atoms. The number of hydrogen-bond acceptors (Lipinski definition) is 4. The molecule has 0 aromatic heterocycles. The van der Waals surface area contributed by atoms with E-state index < -0.39 is 25.9 Å². The van der Waals surface area contributed by atoms with Crippen LogP contribution in [0, 0.1) is 11.8 Å². The van der Waals surface area contributed by atoms with Crippen LogP contribution in [-0.4, -0.2) is 39.9 Å². The fraction of sp³-hybridized carbons (Fsp3) is 0.385. The molecule has 0 heterocycles. The van der Waals surface area contributed by atoms with E-state index in [4.69, 9.17) is 4.55 Å². The summed E-state index contributed by atoms with van der Waals surface area (Å²) in [5.74, 6) is 5.09. The Morgan fingerprint density at radius 3 is 2.14 bits per heavy atom. The van der Waals surface area contributed by atoms with Gasteiger partial charge in [-0.25, -0.2) is 8.42 Å². The molecule has 0 aliphatic rings. The second-order valence-electron chi connectivity index (χ2n) is 4.40. The maximum atomic E-state index is 11.8. The van der Waals surface area contributed by atoms with Crippen molar-refractivity contribution >= 4 is 25.8 Å². The van der Waals surface area contributed by atoms with Gasteiger partial charge in [0.2, 0.25) is 10.0 Å². The molecular weight excluding hydrogens is 314 g/mol. The van der Waals surface area contributed by atoms with Gasteiger partial charge in [0.1, 0.15) is 0 Å². The molecule has 0 atom stereocenters. The molecule has 0 aliphatic carbocycles. The summed E-state index contributed by atoms with van der Waals surface area (Å²) < 4.78 is 54.7. The number of nitrogens with zero attached hydrogens (tertiary/aromatic N) is 1. The number of rotatable bonds is 6. The summed E-state index contributed by atoms with van der Waals surface area (Å²) in [4.78, 5) is 0. The third kappa shape index (κ3) is 6.16. The molecule has 1 N–H and O–H groups in total. The Labute approximate surface area is 125 Å². The number of hydrogen-bond donors (Lipinski definition) is 1. The van der Waals surface area contributed by atoms with Gasteiger partial charge in [0, 0.05) is 12.1 Å². The summed E-state index contributed by atoms with van der Waals surface area (Å²) in [7, 11) is -7.64. The van der Waals surface area contributed by atoms with Gasteiger partial charge in [-0.3, -0.25) is 8.86 Å². The van der Waals surface area contributed by atoms with E-state index in [1.807, 2.05) is 0 Å². The van der Waals surface area contributed by atoms with Gasteiger partial charge in [0.25, 0.3) is 10.1 Å². The predicted molar refractivity (Wildman–Crippen MR) is 82.2 cm³/mol. The van der Waals surface area contributed by atoms with E-state index in [1.165, 1.54) is 0 Å². The Kier molecular flexibility index (Phi) is 5.78. The summed E-state index contributed by atoms with van der Waals surface area (Å²) in [5.41, 5.74) is 1.18. The average Bonchev–Trinajstić information content (AvgIpc) is 2.34. The van der Waals surface area contributed by atoms with Crippen molar-refractivity contribution in [3.63, 3.8) is 0 Å². The minimum absolute atomic E-state index is 0.00240. The lowest BCUT2D eigenvalue weighted by Crippen LogP contribution is -2.31. The second-order valence-corrected chi connectivity index (χ2v) is 7.88. The average molecular weight is 331 g/mol. The molecule has 116 valence electrons. The van der Waals surface area contributed by atoms with E-state index in [-0.39, 0.29) is 13.0 Å². The van der Waals surface area contributed by atoms with E-state index in [0.29, 0.717) is 5.69 Å². The van der Waals surface area contributed by atoms with Crippen molar-refractivity contribution in [2.24, 2.45) is 0 Å². The van der Waals surface area contributed by atoms with Crippen molar-refractivity contribution in [3.05, 3.63) is 29.8 Å². The second kappa shape index (κ2) is 6.93. The fourth-order valence-electron chi connectivity index (χ4n) is 1.73. The zero-order valence-corrected chi connectivity index (χ0v) is 13.4. The van der Waals surface area contributed by atoms with Crippen LogP contribution in [0.3, 0.4) is 0 Å². The summed E-state index contributed by atoms with van der Waals surface area (Å²) in [6.07, 6.45) is 1.04. The Balaban J connectivity index is 2.95. The van der Waals surface area contributed by atoms with Crippen LogP contribution in [0.2, 0.25) is 0 Å². The first-order valence-electron chi connectivity index (χ1n) is 6.09. The van der Waals surface area contributed by atoms with E-state index >= 15 is 0 Å². The van der Waals surface area contributed by atoms with Crippen molar-refractivity contribution in [2.75, 3.05) is 22.9 Å². The van der Waals surface area contributed by atoms with Crippen LogP contribution in [0.1, 0.15) is 18.9 Å². The van der Waals surface area contributed by atoms with Gasteiger partial charge in [-0.2, -0.15) is 8.42 Å². The molecule has 6 nitrogen and oxygen atoms in total. The lowest BCUT2D eigenvalue weighted by atomic mass is 10.2. The van der Waals surface area contributed by atoms with Crippen LogP contribution in [0.25, 0.3) is 0 Å². The highest BCUT2D eigenvalue weighted by atomic mass is 32.2. The van der Waals surface area contributed by atoms with Crippen molar-refractivity contribution in [1.29, 1.82) is 0 Å². The highest BCUT2D eigenvalue weighted by Gasteiger charge is 2.18. The molecule has 0 saturated carbocycles. The molecule has 0 unspecified atom stereocenters. The largest absolute Gasteiger partial charge is 0.286 e. The molecule has 0 amide bonds. The zero-order valence-electron chi connectivity index (χ0n) is 11.8. The maximum absolute atomic E-state index is 11.8. The summed E-state index contributed by atoms with van der Waals surface area (Å²) in [5, 5.41) is 0. The lowest BCUT2D eigenvalue weighted by molar-refractivity contribution is 0.481. The first-order chi connectivity index (χ1) is 9.63. The van der Waals surface area contributed by atoms with Gasteiger partial charge in [0.05, 0.1) is 17.7 Å². The monoisotopic (exact) mass is 331 g/mol. The Morgan fingerprint density at radius 1 is 1.14 bits per heavy atom. The first-order valence-corrected chi connectivity index (χ1v) is 9.55. The molecule has 0 spiro atoms. The van der Waals surface area contributed by atoms with Crippen molar-refractivity contribution < 1.29 is 21.4 Å². The van der Waals surface area contributed by atoms with Crippen molar-refractivity contribution in [3.8, 4) is 11.8 Å². The van der Waals surface area contributed by atoms with Gasteiger partial charge in [-0.05, 0) is 37.6 Å². The van der Waals surface area contributed by atoms with Crippen LogP contribution in [-0.2, 0) is 20.1 Å². The molecule has 1 aromatic rings. The maximum Gasteiger partial charge on any atom is 0.264 e. The van der Waals surface area contributed by atoms with Crippen LogP contribution in [0.5, 0.6) is 0 Å². The molecule has 0 bridgehead atoms. The molecule has 0 saturated heterocycles. The molecule has 1 aromatic carbocycles. The van der Waals surface area contributed by atoms with Gasteiger partial charge in [-0.1, -0.05) is 5.92 Å². The Bertz CT molecular complexity index is 740. The van der Waals surface area contributed by atoms with Crippen molar-refractivity contribution in [1.82, 2.24) is 0 Å². The first kappa shape index (κ1) is 17.5. The molecule has 0 aliphatic heterocycles. The van der Waals surface area contributed by atoms with E-state index in [0.717, 1.165) is 16.1 Å². The minimum Gasteiger partial charge on any atom is -0.286 e. The van der Waals surface area contributed by atoms with Gasteiger partial charge in [0.15, 0.2) is 0 Å². The molecule has 8 heteroatoms. The SMILES string of the molecule is CC#Cc1ccc(N(CCCS(=O)(=O)O)S(C)(=O)=O)cc1. The smallest absolute Gasteiger partial charge is 0.264 e. The minimum atomic E-state index is -4.10.